The summed E-state index contributed by atoms with van der Waals surface area (Å²) in [6.07, 6.45) is 4.79. The number of rotatable bonds is 19. The summed E-state index contributed by atoms with van der Waals surface area (Å²) in [5.41, 5.74) is 8.26. The minimum atomic E-state index is -0.445. The Labute approximate surface area is 270 Å². The fourth-order valence-corrected chi connectivity index (χ4v) is 5.63. The van der Waals surface area contributed by atoms with Gasteiger partial charge in [0.1, 0.15) is 5.82 Å². The Morgan fingerprint density at radius 2 is 1.70 bits per heavy atom. The fraction of sp³-hybridized carbons (Fsp3) is 0.486. The second kappa shape index (κ2) is 17.6. The number of unbranched alkanes of at least 4 members (excludes halogenated alkanes) is 2. The quantitative estimate of drug-likeness (QED) is 0.116. The van der Waals surface area contributed by atoms with Crippen molar-refractivity contribution in [2.75, 3.05) is 25.0 Å². The lowest BCUT2D eigenvalue weighted by atomic mass is 10.1. The number of imidazole rings is 1. The number of carbonyl (C=O) groups excluding carboxylic acids is 1. The van der Waals surface area contributed by atoms with E-state index in [1.54, 1.807) is 4.57 Å². The molecular weight excluding hydrogens is 582 g/mol. The number of hydrogen-bond acceptors (Lipinski definition) is 7. The zero-order valence-electron chi connectivity index (χ0n) is 27.2. The van der Waals surface area contributed by atoms with E-state index in [0.717, 1.165) is 30.4 Å². The van der Waals surface area contributed by atoms with Gasteiger partial charge < -0.3 is 26.0 Å². The van der Waals surface area contributed by atoms with Gasteiger partial charge in [0.15, 0.2) is 11.2 Å². The highest BCUT2D eigenvalue weighted by atomic mass is 16.3. The number of hydrogen-bond donors (Lipinski definition) is 4. The summed E-state index contributed by atoms with van der Waals surface area (Å²) in [5.74, 6) is 0.644. The number of aliphatic hydroxyl groups is 1. The van der Waals surface area contributed by atoms with Crippen LogP contribution >= 0.6 is 0 Å². The predicted molar refractivity (Wildman–Crippen MR) is 183 cm³/mol. The van der Waals surface area contributed by atoms with Crippen molar-refractivity contribution < 1.29 is 9.90 Å². The maximum absolute atomic E-state index is 13.9. The molecule has 0 aliphatic rings. The maximum Gasteiger partial charge on any atom is 0.332 e. The van der Waals surface area contributed by atoms with Gasteiger partial charge in [-0.15, -0.1) is 0 Å². The van der Waals surface area contributed by atoms with Crippen LogP contribution in [0, 0.1) is 0 Å². The molecule has 5 N–H and O–H groups in total. The van der Waals surface area contributed by atoms with Gasteiger partial charge in [-0.3, -0.25) is 18.7 Å². The van der Waals surface area contributed by atoms with Crippen LogP contribution in [0.4, 0.5) is 5.69 Å². The van der Waals surface area contributed by atoms with Gasteiger partial charge in [0.05, 0.1) is 6.10 Å². The molecule has 2 aromatic carbocycles. The summed E-state index contributed by atoms with van der Waals surface area (Å²) in [4.78, 5) is 45.4. The molecular formula is C35H49N7O4. The van der Waals surface area contributed by atoms with E-state index in [2.05, 4.69) is 10.6 Å². The number of anilines is 1. The lowest BCUT2D eigenvalue weighted by molar-refractivity contribution is -0.116. The van der Waals surface area contributed by atoms with Gasteiger partial charge in [-0.2, -0.15) is 0 Å². The zero-order chi connectivity index (χ0) is 32.9. The van der Waals surface area contributed by atoms with Crippen LogP contribution in [0.25, 0.3) is 11.2 Å². The number of carbonyl (C=O) groups is 1. The second-order valence-electron chi connectivity index (χ2n) is 11.7. The van der Waals surface area contributed by atoms with Crippen molar-refractivity contribution in [1.29, 1.82) is 0 Å². The van der Waals surface area contributed by atoms with Gasteiger partial charge >= 0.3 is 5.69 Å². The Bertz CT molecular complexity index is 1680. The minimum Gasteiger partial charge on any atom is -0.392 e. The molecule has 4 rings (SSSR count). The first kappa shape index (κ1) is 34.8. The smallest absolute Gasteiger partial charge is 0.332 e. The third-order valence-corrected chi connectivity index (χ3v) is 8.21. The van der Waals surface area contributed by atoms with E-state index in [4.69, 9.17) is 10.7 Å². The molecule has 0 saturated heterocycles. The Balaban J connectivity index is 1.70. The lowest BCUT2D eigenvalue weighted by Gasteiger charge is -2.15. The summed E-state index contributed by atoms with van der Waals surface area (Å²) in [5, 5.41) is 16.3. The van der Waals surface area contributed by atoms with E-state index in [-0.39, 0.29) is 23.7 Å². The van der Waals surface area contributed by atoms with Crippen LogP contribution in [0.5, 0.6) is 0 Å². The first-order valence-corrected chi connectivity index (χ1v) is 16.6. The number of benzene rings is 2. The molecule has 1 amide bonds. The van der Waals surface area contributed by atoms with Gasteiger partial charge in [-0.25, -0.2) is 9.78 Å². The molecule has 0 aliphatic carbocycles. The molecule has 11 nitrogen and oxygen atoms in total. The van der Waals surface area contributed by atoms with E-state index in [9.17, 15) is 19.5 Å². The summed E-state index contributed by atoms with van der Waals surface area (Å²) in [6.45, 7) is 6.50. The Morgan fingerprint density at radius 3 is 2.43 bits per heavy atom. The number of amides is 1. The van der Waals surface area contributed by atoms with Crippen molar-refractivity contribution in [3.8, 4) is 0 Å². The van der Waals surface area contributed by atoms with E-state index in [0.29, 0.717) is 87.5 Å². The number of nitrogens with two attached hydrogens (primary N) is 1. The van der Waals surface area contributed by atoms with Crippen LogP contribution in [-0.4, -0.2) is 55.4 Å². The van der Waals surface area contributed by atoms with Crippen LogP contribution in [0.3, 0.4) is 0 Å². The van der Waals surface area contributed by atoms with Crippen molar-refractivity contribution in [3.05, 3.63) is 92.4 Å². The van der Waals surface area contributed by atoms with Crippen LogP contribution < -0.4 is 27.6 Å². The largest absolute Gasteiger partial charge is 0.392 e. The number of nitrogens with one attached hydrogen (secondary N) is 2. The maximum atomic E-state index is 13.9. The number of para-hydroxylation sites is 1. The zero-order valence-corrected chi connectivity index (χ0v) is 27.2. The molecule has 0 spiro atoms. The summed E-state index contributed by atoms with van der Waals surface area (Å²) in [7, 11) is 0. The fourth-order valence-electron chi connectivity index (χ4n) is 5.63. The molecule has 46 heavy (non-hydrogen) atoms. The highest BCUT2D eigenvalue weighted by Crippen LogP contribution is 2.20. The minimum absolute atomic E-state index is 0.0510. The monoisotopic (exact) mass is 631 g/mol. The van der Waals surface area contributed by atoms with Crippen molar-refractivity contribution in [1.82, 2.24) is 24.0 Å². The van der Waals surface area contributed by atoms with E-state index in [1.807, 2.05) is 73.0 Å². The average Bonchev–Trinajstić information content (AvgIpc) is 3.41. The normalized spacial score (nSPS) is 12.1. The van der Waals surface area contributed by atoms with Crippen molar-refractivity contribution in [2.24, 2.45) is 5.73 Å². The molecule has 0 radical (unpaired) electrons. The van der Waals surface area contributed by atoms with Gasteiger partial charge in [0.2, 0.25) is 5.91 Å². The van der Waals surface area contributed by atoms with Crippen LogP contribution in [-0.2, 0) is 37.3 Å². The van der Waals surface area contributed by atoms with E-state index >= 15 is 0 Å². The Hall–Kier alpha value is -4.06. The van der Waals surface area contributed by atoms with Gasteiger partial charge in [-0.1, -0.05) is 68.8 Å². The third-order valence-electron chi connectivity index (χ3n) is 8.21. The lowest BCUT2D eigenvalue weighted by Crippen LogP contribution is -2.41. The van der Waals surface area contributed by atoms with Crippen LogP contribution in [0.1, 0.15) is 69.3 Å². The van der Waals surface area contributed by atoms with Gasteiger partial charge in [-0.05, 0) is 55.8 Å². The van der Waals surface area contributed by atoms with Crippen LogP contribution in [0.2, 0.25) is 0 Å². The number of nitrogens with zero attached hydrogens (tertiary/aromatic N) is 4. The highest BCUT2D eigenvalue weighted by molar-refractivity contribution is 5.91. The van der Waals surface area contributed by atoms with Gasteiger partial charge in [0, 0.05) is 51.3 Å². The molecule has 1 atom stereocenters. The summed E-state index contributed by atoms with van der Waals surface area (Å²) >= 11 is 0. The third kappa shape index (κ3) is 9.02. The highest BCUT2D eigenvalue weighted by Gasteiger charge is 2.22. The first-order chi connectivity index (χ1) is 22.4. The molecule has 2 aromatic heterocycles. The van der Waals surface area contributed by atoms with Crippen molar-refractivity contribution in [3.63, 3.8) is 0 Å². The molecule has 11 heteroatoms. The molecule has 2 heterocycles. The van der Waals surface area contributed by atoms with E-state index < -0.39 is 6.10 Å². The molecule has 1 unspecified atom stereocenters. The van der Waals surface area contributed by atoms with Crippen molar-refractivity contribution >= 4 is 22.8 Å². The predicted octanol–water partition coefficient (Wildman–Crippen LogP) is 3.42. The number of aromatic nitrogens is 4. The molecule has 0 fully saturated rings. The standard InChI is InChI=1S/C35H49N7O4/c1-3-21-42-34(45)32-33(39-30(24-26-13-7-5-8-14-26)40(32)23-20-37-25-28(43)4-2)41(35(42)46)22-18-27-15-10-11-16-29(27)38-31(44)17-9-6-12-19-36/h5,7-8,10-11,13-16,28,37,43H,3-4,6,9,12,17-25,36H2,1-2H3,(H,38,44). The topological polar surface area (TPSA) is 149 Å². The second-order valence-corrected chi connectivity index (χ2v) is 11.7. The van der Waals surface area contributed by atoms with Crippen molar-refractivity contribution in [2.45, 2.75) is 91.0 Å². The van der Waals surface area contributed by atoms with E-state index in [1.165, 1.54) is 4.57 Å². The summed E-state index contributed by atoms with van der Waals surface area (Å²) < 4.78 is 4.85. The average molecular weight is 632 g/mol. The number of aliphatic hydroxyl groups excluding tert-OH is 1. The first-order valence-electron chi connectivity index (χ1n) is 16.6. The molecule has 0 aliphatic heterocycles. The Morgan fingerprint density at radius 1 is 0.935 bits per heavy atom. The summed E-state index contributed by atoms with van der Waals surface area (Å²) in [6, 6.07) is 17.5. The van der Waals surface area contributed by atoms with Gasteiger partial charge in [0.25, 0.3) is 5.56 Å². The Kier molecular flexibility index (Phi) is 13.3. The molecule has 0 bridgehead atoms. The SMILES string of the molecule is CCCn1c(=O)c2c(nc(Cc3ccccc3)n2CCNCC(O)CC)n(CCc2ccccc2NC(=O)CCCCCN)c1=O. The molecule has 0 saturated carbocycles. The number of fused-ring (bicyclic) bond motifs is 1. The molecule has 248 valence electrons. The molecule has 4 aromatic rings. The van der Waals surface area contributed by atoms with Crippen LogP contribution in [0.15, 0.2) is 64.2 Å². The number of aryl methyl sites for hydroxylation is 2.